The third kappa shape index (κ3) is 6.38. The van der Waals surface area contributed by atoms with Crippen molar-refractivity contribution in [3.05, 3.63) is 29.3 Å². The van der Waals surface area contributed by atoms with Crippen molar-refractivity contribution >= 4 is 34.9 Å². The number of benzene rings is 1. The number of halogens is 1. The molecule has 6 nitrogen and oxygen atoms in total. The first-order valence-corrected chi connectivity index (χ1v) is 8.92. The monoisotopic (exact) mass is 365 g/mol. The fourth-order valence-corrected chi connectivity index (χ4v) is 2.89. The predicted molar refractivity (Wildman–Crippen MR) is 98.8 cm³/mol. The number of likely N-dealkylation sites (tertiary alicyclic amines) is 1. The maximum Gasteiger partial charge on any atom is 0.305 e. The van der Waals surface area contributed by atoms with E-state index in [1.807, 2.05) is 17.0 Å². The second-order valence-corrected chi connectivity index (χ2v) is 6.39. The van der Waals surface area contributed by atoms with E-state index >= 15 is 0 Å². The van der Waals surface area contributed by atoms with Crippen LogP contribution in [0.15, 0.2) is 29.4 Å². The number of carbonyl (C=O) groups is 2. The van der Waals surface area contributed by atoms with E-state index in [1.54, 1.807) is 12.1 Å². The summed E-state index contributed by atoms with van der Waals surface area (Å²) in [6.07, 6.45) is 4.22. The van der Waals surface area contributed by atoms with Gasteiger partial charge in [-0.3, -0.25) is 15.0 Å². The first-order valence-electron chi connectivity index (χ1n) is 8.54. The van der Waals surface area contributed by atoms with Crippen molar-refractivity contribution in [2.24, 2.45) is 5.10 Å². The molecule has 0 saturated carbocycles. The number of carbonyl (C=O) groups excluding carboxylic acids is 2. The lowest BCUT2D eigenvalue weighted by molar-refractivity contribution is -0.140. The fourth-order valence-electron chi connectivity index (χ4n) is 2.70. The van der Waals surface area contributed by atoms with E-state index in [-0.39, 0.29) is 24.6 Å². The first kappa shape index (κ1) is 19.2. The zero-order chi connectivity index (χ0) is 18.1. The molecule has 25 heavy (non-hydrogen) atoms. The minimum Gasteiger partial charge on any atom is -0.469 e. The summed E-state index contributed by atoms with van der Waals surface area (Å²) >= 11 is 5.97. The number of hydrogen-bond donors (Lipinski definition) is 1. The highest BCUT2D eigenvalue weighted by Gasteiger charge is 2.21. The number of amidine groups is 1. The lowest BCUT2D eigenvalue weighted by atomic mass is 10.1. The molecule has 1 heterocycles. The van der Waals surface area contributed by atoms with E-state index in [0.29, 0.717) is 17.3 Å². The molecule has 0 radical (unpaired) electrons. The molecular formula is C18H24ClN3O3. The van der Waals surface area contributed by atoms with Gasteiger partial charge in [0.25, 0.3) is 0 Å². The molecule has 0 bridgehead atoms. The average molecular weight is 366 g/mol. The standard InChI is InChI=1S/C18H24ClN3O3/c1-25-17(24)10-6-9-16(23)18(22-11-3-2-4-12-22)21-20-15-8-5-7-14(19)13-15/h5,7-8,13,20H,2-4,6,9-12H2,1H3/b21-18+. The minimum atomic E-state index is -0.304. The van der Waals surface area contributed by atoms with Crippen LogP contribution in [0.3, 0.4) is 0 Å². The number of anilines is 1. The van der Waals surface area contributed by atoms with Gasteiger partial charge < -0.3 is 9.64 Å². The molecule has 1 aromatic carbocycles. The molecule has 2 rings (SSSR count). The quantitative estimate of drug-likeness (QED) is 0.347. The number of esters is 1. The number of hydrazone groups is 1. The summed E-state index contributed by atoms with van der Waals surface area (Å²) in [6.45, 7) is 1.64. The molecule has 7 heteroatoms. The van der Waals surface area contributed by atoms with E-state index in [1.165, 1.54) is 13.5 Å². The number of ether oxygens (including phenoxy) is 1. The second kappa shape index (κ2) is 10.0. The topological polar surface area (TPSA) is 71.0 Å². The summed E-state index contributed by atoms with van der Waals surface area (Å²) in [5.41, 5.74) is 3.65. The Bertz CT molecular complexity index is 628. The Morgan fingerprint density at radius 1 is 1.24 bits per heavy atom. The Morgan fingerprint density at radius 3 is 2.68 bits per heavy atom. The van der Waals surface area contributed by atoms with Crippen molar-refractivity contribution in [1.29, 1.82) is 0 Å². The van der Waals surface area contributed by atoms with Crippen LogP contribution in [0.1, 0.15) is 38.5 Å². The lowest BCUT2D eigenvalue weighted by Crippen LogP contribution is -2.40. The van der Waals surface area contributed by atoms with Crippen LogP contribution in [0.4, 0.5) is 5.69 Å². The number of nitrogens with one attached hydrogen (secondary N) is 1. The van der Waals surface area contributed by atoms with Crippen molar-refractivity contribution < 1.29 is 14.3 Å². The molecule has 0 spiro atoms. The third-order valence-corrected chi connectivity index (χ3v) is 4.27. The second-order valence-electron chi connectivity index (χ2n) is 5.96. The highest BCUT2D eigenvalue weighted by molar-refractivity contribution is 6.38. The van der Waals surface area contributed by atoms with Crippen molar-refractivity contribution in [3.63, 3.8) is 0 Å². The van der Waals surface area contributed by atoms with Gasteiger partial charge in [0.05, 0.1) is 12.8 Å². The fraction of sp³-hybridized carbons (Fsp3) is 0.500. The molecule has 0 aromatic heterocycles. The van der Waals surface area contributed by atoms with Crippen LogP contribution in [0.2, 0.25) is 5.02 Å². The van der Waals surface area contributed by atoms with Crippen LogP contribution in [-0.4, -0.2) is 42.7 Å². The van der Waals surface area contributed by atoms with Crippen LogP contribution in [-0.2, 0) is 14.3 Å². The molecular weight excluding hydrogens is 342 g/mol. The Kier molecular flexibility index (Phi) is 7.73. The van der Waals surface area contributed by atoms with Gasteiger partial charge in [-0.05, 0) is 43.9 Å². The van der Waals surface area contributed by atoms with E-state index in [4.69, 9.17) is 11.6 Å². The summed E-state index contributed by atoms with van der Waals surface area (Å²) in [4.78, 5) is 25.8. The molecule has 0 amide bonds. The third-order valence-electron chi connectivity index (χ3n) is 4.03. The number of Topliss-reactive ketones (excluding diaryl/α,β-unsaturated/α-hetero) is 1. The van der Waals surface area contributed by atoms with Gasteiger partial charge >= 0.3 is 5.97 Å². The zero-order valence-corrected chi connectivity index (χ0v) is 15.2. The van der Waals surface area contributed by atoms with E-state index < -0.39 is 0 Å². The normalized spacial score (nSPS) is 15.0. The Morgan fingerprint density at radius 2 is 2.00 bits per heavy atom. The molecule has 0 unspecified atom stereocenters. The van der Waals surface area contributed by atoms with Gasteiger partial charge in [-0.2, -0.15) is 5.10 Å². The van der Waals surface area contributed by atoms with E-state index in [2.05, 4.69) is 15.3 Å². The molecule has 1 saturated heterocycles. The summed E-state index contributed by atoms with van der Waals surface area (Å²) < 4.78 is 4.61. The Balaban J connectivity index is 2.04. The van der Waals surface area contributed by atoms with Gasteiger partial charge in [0.1, 0.15) is 0 Å². The zero-order valence-electron chi connectivity index (χ0n) is 14.5. The molecule has 1 aromatic rings. The molecule has 1 fully saturated rings. The lowest BCUT2D eigenvalue weighted by Gasteiger charge is -2.29. The maximum atomic E-state index is 12.6. The number of rotatable bonds is 7. The van der Waals surface area contributed by atoms with Gasteiger partial charge in [0.15, 0.2) is 11.6 Å². The summed E-state index contributed by atoms with van der Waals surface area (Å²) in [7, 11) is 1.35. The van der Waals surface area contributed by atoms with Gasteiger partial charge in [0, 0.05) is 31.0 Å². The Hall–Kier alpha value is -2.08. The summed E-state index contributed by atoms with van der Waals surface area (Å²) in [5.74, 6) is 0.0474. The molecule has 1 aliphatic rings. The van der Waals surface area contributed by atoms with Gasteiger partial charge in [0.2, 0.25) is 0 Å². The van der Waals surface area contributed by atoms with Crippen LogP contribution < -0.4 is 5.43 Å². The van der Waals surface area contributed by atoms with Gasteiger partial charge in [-0.25, -0.2) is 0 Å². The highest BCUT2D eigenvalue weighted by atomic mass is 35.5. The van der Waals surface area contributed by atoms with Crippen LogP contribution >= 0.6 is 11.6 Å². The van der Waals surface area contributed by atoms with Crippen LogP contribution in [0.5, 0.6) is 0 Å². The number of methoxy groups -OCH3 is 1. The van der Waals surface area contributed by atoms with Crippen molar-refractivity contribution in [1.82, 2.24) is 4.90 Å². The first-order chi connectivity index (χ1) is 12.1. The maximum absolute atomic E-state index is 12.6. The largest absolute Gasteiger partial charge is 0.469 e. The molecule has 0 aliphatic carbocycles. The summed E-state index contributed by atoms with van der Waals surface area (Å²) in [6, 6.07) is 7.18. The van der Waals surface area contributed by atoms with Crippen LogP contribution in [0.25, 0.3) is 0 Å². The molecule has 1 N–H and O–H groups in total. The Labute approximate surface area is 153 Å². The van der Waals surface area contributed by atoms with E-state index in [0.717, 1.165) is 31.6 Å². The molecule has 136 valence electrons. The highest BCUT2D eigenvalue weighted by Crippen LogP contribution is 2.16. The number of piperidine rings is 1. The van der Waals surface area contributed by atoms with Gasteiger partial charge in [-0.15, -0.1) is 0 Å². The minimum absolute atomic E-state index is 0.0691. The predicted octanol–water partition coefficient (Wildman–Crippen LogP) is 3.46. The number of hydrogen-bond acceptors (Lipinski definition) is 5. The van der Waals surface area contributed by atoms with Crippen molar-refractivity contribution in [3.8, 4) is 0 Å². The molecule has 1 aliphatic heterocycles. The van der Waals surface area contributed by atoms with Crippen molar-refractivity contribution in [2.75, 3.05) is 25.6 Å². The number of nitrogens with zero attached hydrogens (tertiary/aromatic N) is 2. The van der Waals surface area contributed by atoms with Crippen LogP contribution in [0, 0.1) is 0 Å². The summed E-state index contributed by atoms with van der Waals surface area (Å²) in [5, 5.41) is 4.95. The van der Waals surface area contributed by atoms with Crippen molar-refractivity contribution in [2.45, 2.75) is 38.5 Å². The van der Waals surface area contributed by atoms with Gasteiger partial charge in [-0.1, -0.05) is 17.7 Å². The average Bonchev–Trinajstić information content (AvgIpc) is 2.62. The number of ketones is 1. The van der Waals surface area contributed by atoms with E-state index in [9.17, 15) is 9.59 Å². The smallest absolute Gasteiger partial charge is 0.305 e. The SMILES string of the molecule is COC(=O)CCCC(=O)/C(=N\Nc1cccc(Cl)c1)N1CCCCC1. The molecule has 0 atom stereocenters.